The first-order valence-corrected chi connectivity index (χ1v) is 9.57. The number of anilines is 1. The molecule has 0 saturated heterocycles. The molecule has 4 rings (SSSR count). The number of nitriles is 1. The van der Waals surface area contributed by atoms with Crippen molar-refractivity contribution in [1.29, 1.82) is 5.26 Å². The second kappa shape index (κ2) is 8.51. The van der Waals surface area contributed by atoms with Crippen LogP contribution in [0.3, 0.4) is 0 Å². The van der Waals surface area contributed by atoms with Crippen LogP contribution in [0.5, 0.6) is 5.75 Å². The van der Waals surface area contributed by atoms with Gasteiger partial charge in [0.15, 0.2) is 6.61 Å². The zero-order chi connectivity index (χ0) is 21.8. The number of amides is 1. The molecule has 7 heteroatoms. The molecule has 0 aliphatic heterocycles. The third-order valence-corrected chi connectivity index (χ3v) is 4.72. The largest absolute Gasteiger partial charge is 0.482 e. The maximum absolute atomic E-state index is 12.9. The fourth-order valence-corrected chi connectivity index (χ4v) is 3.27. The van der Waals surface area contributed by atoms with Crippen molar-refractivity contribution in [2.45, 2.75) is 6.92 Å². The van der Waals surface area contributed by atoms with Crippen LogP contribution in [-0.4, -0.2) is 22.1 Å². The van der Waals surface area contributed by atoms with Crippen LogP contribution in [0.25, 0.3) is 16.6 Å². The Bertz CT molecular complexity index is 1370. The average Bonchev–Trinajstić information content (AvgIpc) is 2.79. The first-order valence-electron chi connectivity index (χ1n) is 9.57. The van der Waals surface area contributed by atoms with Gasteiger partial charge in [-0.25, -0.2) is 4.98 Å². The van der Waals surface area contributed by atoms with Gasteiger partial charge in [-0.05, 0) is 55.5 Å². The van der Waals surface area contributed by atoms with Gasteiger partial charge >= 0.3 is 0 Å². The average molecular weight is 410 g/mol. The molecule has 0 atom stereocenters. The smallest absolute Gasteiger partial charge is 0.265 e. The molecule has 1 aromatic heterocycles. The summed E-state index contributed by atoms with van der Waals surface area (Å²) in [7, 11) is 0. The summed E-state index contributed by atoms with van der Waals surface area (Å²) in [5.74, 6) is 0.570. The number of para-hydroxylation sites is 2. The highest BCUT2D eigenvalue weighted by Gasteiger charge is 2.11. The molecule has 1 heterocycles. The summed E-state index contributed by atoms with van der Waals surface area (Å²) < 4.78 is 6.98. The molecule has 1 amide bonds. The zero-order valence-corrected chi connectivity index (χ0v) is 16.7. The lowest BCUT2D eigenvalue weighted by molar-refractivity contribution is -0.118. The number of nitrogens with one attached hydrogen (secondary N) is 1. The molecule has 0 fully saturated rings. The molecule has 0 radical (unpaired) electrons. The van der Waals surface area contributed by atoms with Gasteiger partial charge in [-0.3, -0.25) is 14.2 Å². The van der Waals surface area contributed by atoms with Gasteiger partial charge in [-0.2, -0.15) is 5.26 Å². The number of rotatable bonds is 5. The SMILES string of the molecule is Cc1nc2ccccc2c(=O)n1-c1ccc(NC(=O)COc2ccccc2C#N)cc1. The number of hydrogen-bond donors (Lipinski definition) is 1. The van der Waals surface area contributed by atoms with Crippen LogP contribution in [0.2, 0.25) is 0 Å². The van der Waals surface area contributed by atoms with E-state index in [1.54, 1.807) is 67.6 Å². The highest BCUT2D eigenvalue weighted by Crippen LogP contribution is 2.18. The van der Waals surface area contributed by atoms with Gasteiger partial charge in [0.25, 0.3) is 11.5 Å². The normalized spacial score (nSPS) is 10.5. The predicted octanol–water partition coefficient (Wildman–Crippen LogP) is 3.58. The Labute approximate surface area is 178 Å². The molecule has 1 N–H and O–H groups in total. The number of carbonyl (C=O) groups excluding carboxylic acids is 1. The molecule has 0 saturated carbocycles. The lowest BCUT2D eigenvalue weighted by Gasteiger charge is -2.12. The van der Waals surface area contributed by atoms with E-state index in [1.807, 2.05) is 18.2 Å². The monoisotopic (exact) mass is 410 g/mol. The minimum Gasteiger partial charge on any atom is -0.482 e. The number of benzene rings is 3. The highest BCUT2D eigenvalue weighted by molar-refractivity contribution is 5.92. The van der Waals surface area contributed by atoms with Gasteiger partial charge in [0.2, 0.25) is 0 Å². The third-order valence-electron chi connectivity index (χ3n) is 4.72. The van der Waals surface area contributed by atoms with E-state index in [0.29, 0.717) is 39.4 Å². The third kappa shape index (κ3) is 4.14. The van der Waals surface area contributed by atoms with Crippen LogP contribution in [0.4, 0.5) is 5.69 Å². The summed E-state index contributed by atoms with van der Waals surface area (Å²) in [6.07, 6.45) is 0. The van der Waals surface area contributed by atoms with Crippen molar-refractivity contribution < 1.29 is 9.53 Å². The Hall–Kier alpha value is -4.44. The second-order valence-corrected chi connectivity index (χ2v) is 6.81. The Morgan fingerprint density at radius 2 is 1.77 bits per heavy atom. The standard InChI is InChI=1S/C24H18N4O3/c1-16-26-21-8-4-3-7-20(21)24(30)28(16)19-12-10-18(11-13-19)27-23(29)15-31-22-9-5-2-6-17(22)14-25/h2-13H,15H2,1H3,(H,27,29). The molecule has 0 bridgehead atoms. The molecule has 0 aliphatic rings. The molecule has 152 valence electrons. The van der Waals surface area contributed by atoms with E-state index in [4.69, 9.17) is 10.00 Å². The number of aromatic nitrogens is 2. The fourth-order valence-electron chi connectivity index (χ4n) is 3.27. The van der Waals surface area contributed by atoms with E-state index in [9.17, 15) is 9.59 Å². The highest BCUT2D eigenvalue weighted by atomic mass is 16.5. The van der Waals surface area contributed by atoms with E-state index in [-0.39, 0.29) is 18.1 Å². The minimum absolute atomic E-state index is 0.149. The topological polar surface area (TPSA) is 97.0 Å². The van der Waals surface area contributed by atoms with Crippen LogP contribution in [0.15, 0.2) is 77.6 Å². The van der Waals surface area contributed by atoms with Gasteiger partial charge in [0.1, 0.15) is 17.6 Å². The lowest BCUT2D eigenvalue weighted by atomic mass is 10.2. The van der Waals surface area contributed by atoms with Crippen molar-refractivity contribution in [3.05, 3.63) is 94.5 Å². The predicted molar refractivity (Wildman–Crippen MR) is 117 cm³/mol. The van der Waals surface area contributed by atoms with E-state index < -0.39 is 0 Å². The van der Waals surface area contributed by atoms with Gasteiger partial charge < -0.3 is 10.1 Å². The molecule has 3 aromatic carbocycles. The van der Waals surface area contributed by atoms with E-state index in [1.165, 1.54) is 4.57 Å². The summed E-state index contributed by atoms with van der Waals surface area (Å²) in [5.41, 5.74) is 2.08. The van der Waals surface area contributed by atoms with E-state index in [0.717, 1.165) is 0 Å². The molecular formula is C24H18N4O3. The number of nitrogens with zero attached hydrogens (tertiary/aromatic N) is 3. The maximum atomic E-state index is 12.9. The van der Waals surface area contributed by atoms with Crippen molar-refractivity contribution in [2.75, 3.05) is 11.9 Å². The molecule has 0 aliphatic carbocycles. The van der Waals surface area contributed by atoms with Crippen molar-refractivity contribution in [2.24, 2.45) is 0 Å². The molecule has 0 unspecified atom stereocenters. The minimum atomic E-state index is -0.360. The van der Waals surface area contributed by atoms with Crippen LogP contribution >= 0.6 is 0 Å². The first kappa shape index (κ1) is 19.9. The summed E-state index contributed by atoms with van der Waals surface area (Å²) in [4.78, 5) is 29.6. The number of fused-ring (bicyclic) bond motifs is 1. The Morgan fingerprint density at radius 1 is 1.06 bits per heavy atom. The summed E-state index contributed by atoms with van der Waals surface area (Å²) in [5, 5.41) is 12.4. The van der Waals surface area contributed by atoms with Crippen LogP contribution in [0, 0.1) is 18.3 Å². The van der Waals surface area contributed by atoms with Gasteiger partial charge in [-0.15, -0.1) is 0 Å². The summed E-state index contributed by atoms with van der Waals surface area (Å²) in [6, 6.07) is 22.9. The molecule has 0 spiro atoms. The number of ether oxygens (including phenoxy) is 1. The van der Waals surface area contributed by atoms with Crippen LogP contribution < -0.4 is 15.6 Å². The second-order valence-electron chi connectivity index (χ2n) is 6.81. The fraction of sp³-hybridized carbons (Fsp3) is 0.0833. The lowest BCUT2D eigenvalue weighted by Crippen LogP contribution is -2.22. The van der Waals surface area contributed by atoms with Crippen LogP contribution in [0.1, 0.15) is 11.4 Å². The van der Waals surface area contributed by atoms with E-state index in [2.05, 4.69) is 10.3 Å². The summed E-state index contributed by atoms with van der Waals surface area (Å²) >= 11 is 0. The molecule has 4 aromatic rings. The zero-order valence-electron chi connectivity index (χ0n) is 16.7. The number of aryl methyl sites for hydroxylation is 1. The van der Waals surface area contributed by atoms with Crippen molar-refractivity contribution in [3.8, 4) is 17.5 Å². The Morgan fingerprint density at radius 3 is 2.55 bits per heavy atom. The molecular weight excluding hydrogens is 392 g/mol. The summed E-state index contributed by atoms with van der Waals surface area (Å²) in [6.45, 7) is 1.55. The van der Waals surface area contributed by atoms with E-state index >= 15 is 0 Å². The van der Waals surface area contributed by atoms with Crippen molar-refractivity contribution in [3.63, 3.8) is 0 Å². The Balaban J connectivity index is 1.49. The van der Waals surface area contributed by atoms with Gasteiger partial charge in [0.05, 0.1) is 22.2 Å². The van der Waals surface area contributed by atoms with Crippen molar-refractivity contribution in [1.82, 2.24) is 9.55 Å². The van der Waals surface area contributed by atoms with Crippen LogP contribution in [-0.2, 0) is 4.79 Å². The maximum Gasteiger partial charge on any atom is 0.265 e. The number of carbonyl (C=O) groups is 1. The molecule has 7 nitrogen and oxygen atoms in total. The Kier molecular flexibility index (Phi) is 5.45. The van der Waals surface area contributed by atoms with Gasteiger partial charge in [-0.1, -0.05) is 24.3 Å². The molecule has 31 heavy (non-hydrogen) atoms. The first-order chi connectivity index (χ1) is 15.1. The quantitative estimate of drug-likeness (QED) is 0.542. The number of hydrogen-bond acceptors (Lipinski definition) is 5. The van der Waals surface area contributed by atoms with Gasteiger partial charge in [0, 0.05) is 5.69 Å². The van der Waals surface area contributed by atoms with Crippen molar-refractivity contribution >= 4 is 22.5 Å².